The summed E-state index contributed by atoms with van der Waals surface area (Å²) in [6, 6.07) is 0. The molecule has 86 valence electrons. The molecule has 2 rings (SSSR count). The van der Waals surface area contributed by atoms with E-state index in [9.17, 15) is 4.79 Å². The van der Waals surface area contributed by atoms with Crippen LogP contribution in [0.3, 0.4) is 0 Å². The summed E-state index contributed by atoms with van der Waals surface area (Å²) in [5, 5.41) is 4.33. The molecule has 0 unspecified atom stereocenters. The van der Waals surface area contributed by atoms with Crippen LogP contribution in [0, 0.1) is 0 Å². The second-order valence-corrected chi connectivity index (χ2v) is 4.46. The molecule has 0 radical (unpaired) electrons. The van der Waals surface area contributed by atoms with Gasteiger partial charge in [-0.05, 0) is 19.3 Å². The van der Waals surface area contributed by atoms with E-state index >= 15 is 0 Å². The van der Waals surface area contributed by atoms with E-state index in [1.54, 1.807) is 4.68 Å². The molecule has 0 aromatic carbocycles. The Morgan fingerprint density at radius 1 is 1.44 bits per heavy atom. The van der Waals surface area contributed by atoms with E-state index in [-0.39, 0.29) is 5.78 Å². The first-order chi connectivity index (χ1) is 7.58. The van der Waals surface area contributed by atoms with Crippen molar-refractivity contribution in [2.24, 2.45) is 7.05 Å². The first-order valence-corrected chi connectivity index (χ1v) is 5.52. The van der Waals surface area contributed by atoms with Crippen molar-refractivity contribution in [2.75, 3.05) is 14.1 Å². The molecule has 4 nitrogen and oxygen atoms in total. The van der Waals surface area contributed by atoms with Crippen LogP contribution in [-0.2, 0) is 13.5 Å². The van der Waals surface area contributed by atoms with Gasteiger partial charge in [-0.1, -0.05) is 0 Å². The van der Waals surface area contributed by atoms with Crippen LogP contribution in [0.1, 0.15) is 28.9 Å². The number of ketones is 1. The molecule has 0 fully saturated rings. The van der Waals surface area contributed by atoms with E-state index in [1.165, 1.54) is 0 Å². The zero-order valence-electron chi connectivity index (χ0n) is 10.0. The van der Waals surface area contributed by atoms with Gasteiger partial charge in [0.2, 0.25) is 0 Å². The topological polar surface area (TPSA) is 38.1 Å². The second-order valence-electron chi connectivity index (χ2n) is 4.46. The van der Waals surface area contributed by atoms with Crippen LogP contribution >= 0.6 is 0 Å². The molecular weight excluding hydrogens is 202 g/mol. The van der Waals surface area contributed by atoms with Crippen LogP contribution in [0.25, 0.3) is 0 Å². The Bertz CT molecular complexity index is 443. The standard InChI is InChI=1S/C12H17N3O/c1-14(2)7-9-5-4-6-11-10(12(9)16)8-15(3)13-11/h7-8H,4-6H2,1-3H3. The predicted octanol–water partition coefficient (Wildman–Crippen LogP) is 1.38. The first kappa shape index (κ1) is 10.9. The van der Waals surface area contributed by atoms with Crippen molar-refractivity contribution >= 4 is 5.78 Å². The van der Waals surface area contributed by atoms with E-state index in [0.29, 0.717) is 0 Å². The van der Waals surface area contributed by atoms with E-state index in [1.807, 2.05) is 38.4 Å². The van der Waals surface area contributed by atoms with E-state index in [4.69, 9.17) is 0 Å². The summed E-state index contributed by atoms with van der Waals surface area (Å²) < 4.78 is 1.72. The van der Waals surface area contributed by atoms with Crippen molar-refractivity contribution in [1.82, 2.24) is 14.7 Å². The summed E-state index contributed by atoms with van der Waals surface area (Å²) in [5.41, 5.74) is 2.60. The minimum Gasteiger partial charge on any atom is -0.383 e. The number of carbonyl (C=O) groups is 1. The zero-order valence-corrected chi connectivity index (χ0v) is 10.0. The van der Waals surface area contributed by atoms with E-state index in [2.05, 4.69) is 5.10 Å². The van der Waals surface area contributed by atoms with Gasteiger partial charge in [0.25, 0.3) is 0 Å². The average molecular weight is 219 g/mol. The van der Waals surface area contributed by atoms with Gasteiger partial charge in [0.05, 0.1) is 11.3 Å². The molecule has 0 aliphatic heterocycles. The fourth-order valence-electron chi connectivity index (χ4n) is 2.08. The Morgan fingerprint density at radius 3 is 2.88 bits per heavy atom. The maximum atomic E-state index is 12.2. The monoisotopic (exact) mass is 219 g/mol. The highest BCUT2D eigenvalue weighted by atomic mass is 16.1. The number of nitrogens with zero attached hydrogens (tertiary/aromatic N) is 3. The van der Waals surface area contributed by atoms with Gasteiger partial charge in [-0.3, -0.25) is 9.48 Å². The number of aryl methyl sites for hydroxylation is 2. The molecule has 16 heavy (non-hydrogen) atoms. The maximum Gasteiger partial charge on any atom is 0.193 e. The van der Waals surface area contributed by atoms with E-state index in [0.717, 1.165) is 36.1 Å². The molecule has 0 saturated heterocycles. The molecule has 0 atom stereocenters. The molecule has 1 aliphatic rings. The number of carbonyl (C=O) groups excluding carboxylic acids is 1. The Morgan fingerprint density at radius 2 is 2.19 bits per heavy atom. The van der Waals surface area contributed by atoms with Gasteiger partial charge in [0.15, 0.2) is 5.78 Å². The minimum absolute atomic E-state index is 0.134. The number of Topliss-reactive ketones (excluding diaryl/α,β-unsaturated/α-hetero) is 1. The van der Waals surface area contributed by atoms with Gasteiger partial charge in [0, 0.05) is 39.1 Å². The number of aromatic nitrogens is 2. The van der Waals surface area contributed by atoms with Crippen LogP contribution in [-0.4, -0.2) is 34.6 Å². The summed E-state index contributed by atoms with van der Waals surface area (Å²) >= 11 is 0. The average Bonchev–Trinajstić information content (AvgIpc) is 2.50. The van der Waals surface area contributed by atoms with Crippen molar-refractivity contribution in [1.29, 1.82) is 0 Å². The third-order valence-electron chi connectivity index (χ3n) is 2.72. The largest absolute Gasteiger partial charge is 0.383 e. The first-order valence-electron chi connectivity index (χ1n) is 5.52. The van der Waals surface area contributed by atoms with Gasteiger partial charge in [-0.25, -0.2) is 0 Å². The summed E-state index contributed by atoms with van der Waals surface area (Å²) in [7, 11) is 5.74. The van der Waals surface area contributed by atoms with Crippen LogP contribution in [0.5, 0.6) is 0 Å². The Labute approximate surface area is 95.5 Å². The van der Waals surface area contributed by atoms with Crippen molar-refractivity contribution < 1.29 is 4.79 Å². The van der Waals surface area contributed by atoms with Gasteiger partial charge in [0.1, 0.15) is 0 Å². The van der Waals surface area contributed by atoms with Crippen LogP contribution in [0.2, 0.25) is 0 Å². The smallest absolute Gasteiger partial charge is 0.193 e. The van der Waals surface area contributed by atoms with Crippen LogP contribution in [0.15, 0.2) is 18.0 Å². The molecule has 0 bridgehead atoms. The predicted molar refractivity (Wildman–Crippen MR) is 62.2 cm³/mol. The van der Waals surface area contributed by atoms with Crippen LogP contribution < -0.4 is 0 Å². The highest BCUT2D eigenvalue weighted by Gasteiger charge is 2.22. The lowest BCUT2D eigenvalue weighted by Crippen LogP contribution is -2.09. The molecular formula is C12H17N3O. The fraction of sp³-hybridized carbons (Fsp3) is 0.500. The highest BCUT2D eigenvalue weighted by Crippen LogP contribution is 2.23. The molecule has 1 aromatic heterocycles. The number of fused-ring (bicyclic) bond motifs is 1. The summed E-state index contributed by atoms with van der Waals surface area (Å²) in [4.78, 5) is 14.2. The lowest BCUT2D eigenvalue weighted by molar-refractivity contribution is 0.103. The molecule has 1 aliphatic carbocycles. The number of allylic oxidation sites excluding steroid dienone is 1. The lowest BCUT2D eigenvalue weighted by atomic mass is 10.1. The Balaban J connectivity index is 2.40. The minimum atomic E-state index is 0.134. The maximum absolute atomic E-state index is 12.2. The van der Waals surface area contributed by atoms with Crippen molar-refractivity contribution in [3.8, 4) is 0 Å². The van der Waals surface area contributed by atoms with Crippen LogP contribution in [0.4, 0.5) is 0 Å². The summed E-state index contributed by atoms with van der Waals surface area (Å²) in [5.74, 6) is 0.134. The molecule has 1 heterocycles. The van der Waals surface area contributed by atoms with Crippen molar-refractivity contribution in [3.63, 3.8) is 0 Å². The van der Waals surface area contributed by atoms with Crippen molar-refractivity contribution in [3.05, 3.63) is 29.2 Å². The SMILES string of the molecule is CN(C)C=C1CCCc2nn(C)cc2C1=O. The summed E-state index contributed by atoms with van der Waals surface area (Å²) in [6.07, 6.45) is 6.48. The second kappa shape index (κ2) is 4.12. The molecule has 0 saturated carbocycles. The number of hydrogen-bond acceptors (Lipinski definition) is 3. The highest BCUT2D eigenvalue weighted by molar-refractivity contribution is 6.09. The van der Waals surface area contributed by atoms with Gasteiger partial charge in [-0.15, -0.1) is 0 Å². The summed E-state index contributed by atoms with van der Waals surface area (Å²) in [6.45, 7) is 0. The normalized spacial score (nSPS) is 18.4. The van der Waals surface area contributed by atoms with Gasteiger partial charge >= 0.3 is 0 Å². The lowest BCUT2D eigenvalue weighted by Gasteiger charge is -2.08. The molecule has 0 amide bonds. The Kier molecular flexibility index (Phi) is 2.81. The quantitative estimate of drug-likeness (QED) is 0.529. The third-order valence-corrected chi connectivity index (χ3v) is 2.72. The molecule has 4 heteroatoms. The molecule has 1 aromatic rings. The van der Waals surface area contributed by atoms with Gasteiger partial charge in [-0.2, -0.15) is 5.10 Å². The van der Waals surface area contributed by atoms with Crippen molar-refractivity contribution in [2.45, 2.75) is 19.3 Å². The molecule has 0 spiro atoms. The zero-order chi connectivity index (χ0) is 11.7. The molecule has 0 N–H and O–H groups in total. The third kappa shape index (κ3) is 2.01. The van der Waals surface area contributed by atoms with Gasteiger partial charge < -0.3 is 4.90 Å². The fourth-order valence-corrected chi connectivity index (χ4v) is 2.08. The number of hydrogen-bond donors (Lipinski definition) is 0. The number of rotatable bonds is 1. The van der Waals surface area contributed by atoms with E-state index < -0.39 is 0 Å². The Hall–Kier alpha value is -1.58.